The molecule has 0 aliphatic carbocycles. The van der Waals surface area contributed by atoms with E-state index in [0.717, 1.165) is 4.90 Å². The minimum atomic E-state index is -1.14. The molecule has 0 atom stereocenters. The molecule has 1 aromatic rings. The molecule has 0 aromatic carbocycles. The average Bonchev–Trinajstić information content (AvgIpc) is 2.44. The number of rotatable bonds is 3. The van der Waals surface area contributed by atoms with E-state index < -0.39 is 23.8 Å². The van der Waals surface area contributed by atoms with Crippen LogP contribution in [0.3, 0.4) is 0 Å². The number of piperazine rings is 1. The van der Waals surface area contributed by atoms with Crippen molar-refractivity contribution < 1.29 is 24.3 Å². The van der Waals surface area contributed by atoms with Gasteiger partial charge < -0.3 is 15.3 Å². The number of carbonyl (C=O) groups excluding carboxylic acids is 3. The Morgan fingerprint density at radius 2 is 1.95 bits per heavy atom. The first-order valence-electron chi connectivity index (χ1n) is 5.99. The normalized spacial score (nSPS) is 14.6. The number of nitrogens with zero attached hydrogens (tertiary/aromatic N) is 2. The van der Waals surface area contributed by atoms with Gasteiger partial charge in [0, 0.05) is 12.7 Å². The zero-order chi connectivity index (χ0) is 15.4. The standard InChI is InChI=1S/C12H12N4O5/c17-9-5-16(6-10(18)15-9)12(21)14-4-7-1-2-8(11(19)20)13-3-7/h1-3H,4-6H2,(H,14,21)(H,19,20)(H,15,17,18). The van der Waals surface area contributed by atoms with Crippen LogP contribution in [0.5, 0.6) is 0 Å². The summed E-state index contributed by atoms with van der Waals surface area (Å²) in [6.45, 7) is -0.264. The lowest BCUT2D eigenvalue weighted by Gasteiger charge is -2.25. The summed E-state index contributed by atoms with van der Waals surface area (Å²) in [7, 11) is 0. The number of aromatic carboxylic acids is 1. The molecule has 9 heteroatoms. The lowest BCUT2D eigenvalue weighted by atomic mass is 10.2. The number of carbonyl (C=O) groups is 4. The van der Waals surface area contributed by atoms with Gasteiger partial charge in [-0.05, 0) is 11.6 Å². The maximum absolute atomic E-state index is 11.8. The first-order valence-corrected chi connectivity index (χ1v) is 5.99. The SMILES string of the molecule is O=C1CN(C(=O)NCc2ccc(C(=O)O)nc2)CC(=O)N1. The van der Waals surface area contributed by atoms with Crippen LogP contribution in [0, 0.1) is 0 Å². The Kier molecular flexibility index (Phi) is 4.12. The fourth-order valence-corrected chi connectivity index (χ4v) is 1.73. The summed E-state index contributed by atoms with van der Waals surface area (Å²) in [6, 6.07) is 2.28. The van der Waals surface area contributed by atoms with Gasteiger partial charge in [0.25, 0.3) is 0 Å². The van der Waals surface area contributed by atoms with Crippen molar-refractivity contribution in [3.8, 4) is 0 Å². The number of carboxylic acid groups (broad SMARTS) is 1. The highest BCUT2D eigenvalue weighted by Gasteiger charge is 2.25. The second-order valence-corrected chi connectivity index (χ2v) is 4.34. The van der Waals surface area contributed by atoms with Gasteiger partial charge in [-0.15, -0.1) is 0 Å². The zero-order valence-corrected chi connectivity index (χ0v) is 10.8. The van der Waals surface area contributed by atoms with Gasteiger partial charge >= 0.3 is 12.0 Å². The molecule has 110 valence electrons. The Labute approximate surface area is 118 Å². The zero-order valence-electron chi connectivity index (χ0n) is 10.8. The summed E-state index contributed by atoms with van der Waals surface area (Å²) >= 11 is 0. The van der Waals surface area contributed by atoms with Crippen molar-refractivity contribution in [3.05, 3.63) is 29.6 Å². The van der Waals surface area contributed by atoms with Crippen LogP contribution < -0.4 is 10.6 Å². The van der Waals surface area contributed by atoms with Crippen LogP contribution in [0.15, 0.2) is 18.3 Å². The maximum atomic E-state index is 11.8. The van der Waals surface area contributed by atoms with Crippen molar-refractivity contribution >= 4 is 23.8 Å². The van der Waals surface area contributed by atoms with Gasteiger partial charge in [-0.3, -0.25) is 14.9 Å². The Balaban J connectivity index is 1.90. The molecule has 0 bridgehead atoms. The number of amides is 4. The summed E-state index contributed by atoms with van der Waals surface area (Å²) in [4.78, 5) is 49.5. The van der Waals surface area contributed by atoms with E-state index in [2.05, 4.69) is 15.6 Å². The Hall–Kier alpha value is -2.97. The second kappa shape index (κ2) is 5.99. The van der Waals surface area contributed by atoms with E-state index in [1.54, 1.807) is 0 Å². The number of imide groups is 1. The van der Waals surface area contributed by atoms with Crippen molar-refractivity contribution in [2.45, 2.75) is 6.54 Å². The molecular weight excluding hydrogens is 280 g/mol. The highest BCUT2D eigenvalue weighted by Crippen LogP contribution is 2.01. The lowest BCUT2D eigenvalue weighted by Crippen LogP contribution is -2.55. The first kappa shape index (κ1) is 14.4. The molecule has 2 heterocycles. The summed E-state index contributed by atoms with van der Waals surface area (Å²) in [5.74, 6) is -2.20. The molecule has 1 saturated heterocycles. The number of pyridine rings is 1. The molecule has 1 aliphatic rings. The third-order valence-electron chi connectivity index (χ3n) is 2.72. The number of nitrogens with one attached hydrogen (secondary N) is 2. The molecule has 21 heavy (non-hydrogen) atoms. The number of carboxylic acids is 1. The van der Waals surface area contributed by atoms with E-state index in [9.17, 15) is 19.2 Å². The van der Waals surface area contributed by atoms with E-state index in [4.69, 9.17) is 5.11 Å². The van der Waals surface area contributed by atoms with Crippen LogP contribution in [-0.4, -0.2) is 51.9 Å². The van der Waals surface area contributed by atoms with Gasteiger partial charge in [-0.1, -0.05) is 6.07 Å². The summed E-state index contributed by atoms with van der Waals surface area (Å²) in [5.41, 5.74) is 0.504. The first-order chi connectivity index (χ1) is 9.95. The number of hydrogen-bond acceptors (Lipinski definition) is 5. The van der Waals surface area contributed by atoms with Gasteiger partial charge in [0.1, 0.15) is 18.8 Å². The lowest BCUT2D eigenvalue weighted by molar-refractivity contribution is -0.134. The second-order valence-electron chi connectivity index (χ2n) is 4.34. The third-order valence-corrected chi connectivity index (χ3v) is 2.72. The van der Waals surface area contributed by atoms with Crippen molar-refractivity contribution in [2.24, 2.45) is 0 Å². The number of hydrogen-bond donors (Lipinski definition) is 3. The molecule has 0 radical (unpaired) electrons. The van der Waals surface area contributed by atoms with E-state index >= 15 is 0 Å². The average molecular weight is 292 g/mol. The van der Waals surface area contributed by atoms with E-state index in [-0.39, 0.29) is 25.3 Å². The van der Waals surface area contributed by atoms with Gasteiger partial charge in [-0.2, -0.15) is 0 Å². The summed E-state index contributed by atoms with van der Waals surface area (Å²) < 4.78 is 0. The van der Waals surface area contributed by atoms with Crippen LogP contribution >= 0.6 is 0 Å². The number of urea groups is 1. The van der Waals surface area contributed by atoms with Crippen molar-refractivity contribution in [1.29, 1.82) is 0 Å². The number of aromatic nitrogens is 1. The van der Waals surface area contributed by atoms with Gasteiger partial charge in [-0.25, -0.2) is 14.6 Å². The minimum Gasteiger partial charge on any atom is -0.477 e. The molecule has 0 unspecified atom stereocenters. The van der Waals surface area contributed by atoms with Crippen molar-refractivity contribution in [2.75, 3.05) is 13.1 Å². The van der Waals surface area contributed by atoms with Crippen LogP contribution in [0.25, 0.3) is 0 Å². The smallest absolute Gasteiger partial charge is 0.354 e. The molecule has 4 amide bonds. The van der Waals surface area contributed by atoms with Crippen LogP contribution in [0.1, 0.15) is 16.1 Å². The molecular formula is C12H12N4O5. The highest BCUT2D eigenvalue weighted by atomic mass is 16.4. The molecule has 0 spiro atoms. The molecule has 3 N–H and O–H groups in total. The van der Waals surface area contributed by atoms with Gasteiger partial charge in [0.2, 0.25) is 11.8 Å². The summed E-state index contributed by atoms with van der Waals surface area (Å²) in [6.07, 6.45) is 1.33. The third kappa shape index (κ3) is 3.75. The molecule has 2 rings (SSSR count). The predicted molar refractivity (Wildman–Crippen MR) is 68.2 cm³/mol. The van der Waals surface area contributed by atoms with Gasteiger partial charge in [0.15, 0.2) is 0 Å². The summed E-state index contributed by atoms with van der Waals surface area (Å²) in [5, 5.41) is 13.3. The Morgan fingerprint density at radius 3 is 2.48 bits per heavy atom. The molecule has 0 saturated carbocycles. The van der Waals surface area contributed by atoms with E-state index in [1.165, 1.54) is 18.3 Å². The van der Waals surface area contributed by atoms with Crippen LogP contribution in [0.4, 0.5) is 4.79 Å². The quantitative estimate of drug-likeness (QED) is 0.609. The highest BCUT2D eigenvalue weighted by molar-refractivity contribution is 6.02. The Bertz CT molecular complexity index is 582. The van der Waals surface area contributed by atoms with Gasteiger partial charge in [0.05, 0.1) is 0 Å². The molecule has 1 aromatic heterocycles. The van der Waals surface area contributed by atoms with Crippen LogP contribution in [0.2, 0.25) is 0 Å². The van der Waals surface area contributed by atoms with Crippen molar-refractivity contribution in [3.63, 3.8) is 0 Å². The van der Waals surface area contributed by atoms with E-state index in [0.29, 0.717) is 5.56 Å². The fraction of sp³-hybridized carbons (Fsp3) is 0.250. The largest absolute Gasteiger partial charge is 0.477 e. The fourth-order valence-electron chi connectivity index (χ4n) is 1.73. The van der Waals surface area contributed by atoms with Crippen molar-refractivity contribution in [1.82, 2.24) is 20.5 Å². The molecule has 1 fully saturated rings. The maximum Gasteiger partial charge on any atom is 0.354 e. The minimum absolute atomic E-state index is 0.0941. The van der Waals surface area contributed by atoms with Crippen LogP contribution in [-0.2, 0) is 16.1 Å². The topological polar surface area (TPSA) is 129 Å². The molecule has 1 aliphatic heterocycles. The predicted octanol–water partition coefficient (Wildman–Crippen LogP) is -1.05. The monoisotopic (exact) mass is 292 g/mol. The Morgan fingerprint density at radius 1 is 1.29 bits per heavy atom. The van der Waals surface area contributed by atoms with E-state index in [1.807, 2.05) is 0 Å². The molecule has 9 nitrogen and oxygen atoms in total.